The second kappa shape index (κ2) is 8.03. The van der Waals surface area contributed by atoms with E-state index in [1.165, 1.54) is 6.07 Å². The third-order valence-electron chi connectivity index (χ3n) is 4.91. The number of fused-ring (bicyclic) bond motifs is 1. The summed E-state index contributed by atoms with van der Waals surface area (Å²) in [5.74, 6) is 0.386. The minimum absolute atomic E-state index is 0.00398. The van der Waals surface area contributed by atoms with Crippen LogP contribution >= 0.6 is 0 Å². The van der Waals surface area contributed by atoms with Crippen molar-refractivity contribution in [1.82, 2.24) is 19.4 Å². The van der Waals surface area contributed by atoms with Gasteiger partial charge in [-0.25, -0.2) is 4.98 Å². The molecule has 0 aliphatic carbocycles. The molecule has 0 fully saturated rings. The van der Waals surface area contributed by atoms with Gasteiger partial charge in [-0.3, -0.25) is 14.2 Å². The summed E-state index contributed by atoms with van der Waals surface area (Å²) in [6, 6.07) is 13.2. The van der Waals surface area contributed by atoms with Gasteiger partial charge < -0.3 is 10.2 Å². The summed E-state index contributed by atoms with van der Waals surface area (Å²) < 4.78 is 1.55. The summed E-state index contributed by atoms with van der Waals surface area (Å²) in [7, 11) is 3.43. The van der Waals surface area contributed by atoms with E-state index in [9.17, 15) is 9.59 Å². The van der Waals surface area contributed by atoms with Crippen LogP contribution in [0.1, 0.15) is 32.4 Å². The lowest BCUT2D eigenvalue weighted by Gasteiger charge is -2.28. The zero-order chi connectivity index (χ0) is 21.2. The first kappa shape index (κ1) is 20.5. The molecule has 1 amide bonds. The van der Waals surface area contributed by atoms with Gasteiger partial charge in [0.05, 0.1) is 11.5 Å². The molecule has 1 N–H and O–H groups in total. The molecule has 1 aromatic carbocycles. The molecule has 1 unspecified atom stereocenters. The van der Waals surface area contributed by atoms with Crippen molar-refractivity contribution in [3.8, 4) is 0 Å². The van der Waals surface area contributed by atoms with Crippen molar-refractivity contribution in [2.45, 2.75) is 33.4 Å². The fraction of sp³-hybridized carbons (Fsp3) is 0.364. The average Bonchev–Trinajstić information content (AvgIpc) is 2.70. The zero-order valence-electron chi connectivity index (χ0n) is 17.5. The molecule has 1 atom stereocenters. The minimum Gasteiger partial charge on any atom is -0.348 e. The molecule has 0 spiro atoms. The van der Waals surface area contributed by atoms with Crippen LogP contribution in [-0.4, -0.2) is 39.4 Å². The molecule has 2 heterocycles. The van der Waals surface area contributed by atoms with Crippen molar-refractivity contribution >= 4 is 22.9 Å². The Morgan fingerprint density at radius 2 is 1.86 bits per heavy atom. The number of nitrogens with zero attached hydrogens (tertiary/aromatic N) is 4. The third kappa shape index (κ3) is 4.45. The number of aromatic nitrogens is 3. The van der Waals surface area contributed by atoms with Crippen molar-refractivity contribution in [2.75, 3.05) is 19.4 Å². The van der Waals surface area contributed by atoms with Gasteiger partial charge in [-0.15, -0.1) is 0 Å². The molecule has 0 saturated heterocycles. The Morgan fingerprint density at radius 3 is 2.52 bits per heavy atom. The fourth-order valence-electron chi connectivity index (χ4n) is 3.38. The first-order valence-electron chi connectivity index (χ1n) is 9.59. The predicted octanol–water partition coefficient (Wildman–Crippen LogP) is 3.08. The van der Waals surface area contributed by atoms with Crippen molar-refractivity contribution in [2.24, 2.45) is 5.41 Å². The molecule has 29 heavy (non-hydrogen) atoms. The molecular weight excluding hydrogens is 366 g/mol. The highest BCUT2D eigenvalue weighted by atomic mass is 16.2. The number of pyridine rings is 1. The number of amides is 1. The number of anilines is 1. The van der Waals surface area contributed by atoms with E-state index in [-0.39, 0.29) is 24.1 Å². The van der Waals surface area contributed by atoms with E-state index in [0.717, 1.165) is 10.9 Å². The lowest BCUT2D eigenvalue weighted by Crippen LogP contribution is -2.41. The van der Waals surface area contributed by atoms with Crippen LogP contribution in [-0.2, 0) is 11.3 Å². The molecule has 3 aromatic rings. The Balaban J connectivity index is 1.98. The Hall–Kier alpha value is -3.22. The Bertz CT molecular complexity index is 1070. The van der Waals surface area contributed by atoms with Crippen molar-refractivity contribution < 1.29 is 4.79 Å². The van der Waals surface area contributed by atoms with E-state index in [0.29, 0.717) is 11.6 Å². The first-order chi connectivity index (χ1) is 13.7. The van der Waals surface area contributed by atoms with Gasteiger partial charge in [0, 0.05) is 38.3 Å². The number of carbonyl (C=O) groups is 1. The molecule has 0 bridgehead atoms. The van der Waals surface area contributed by atoms with Crippen LogP contribution in [0.25, 0.3) is 11.0 Å². The second-order valence-electron chi connectivity index (χ2n) is 8.09. The van der Waals surface area contributed by atoms with Gasteiger partial charge in [-0.05, 0) is 32.4 Å². The molecule has 0 aliphatic heterocycles. The number of hydrogen-bond acceptors (Lipinski definition) is 5. The highest BCUT2D eigenvalue weighted by molar-refractivity contribution is 5.82. The average molecular weight is 393 g/mol. The van der Waals surface area contributed by atoms with Crippen LogP contribution in [0, 0.1) is 5.41 Å². The highest BCUT2D eigenvalue weighted by Gasteiger charge is 2.30. The molecule has 0 aliphatic rings. The van der Waals surface area contributed by atoms with E-state index in [2.05, 4.69) is 15.3 Å². The van der Waals surface area contributed by atoms with Crippen LogP contribution in [0.2, 0.25) is 0 Å². The maximum atomic E-state index is 12.6. The Labute approximate surface area is 170 Å². The van der Waals surface area contributed by atoms with Gasteiger partial charge in [0.2, 0.25) is 11.9 Å². The van der Waals surface area contributed by atoms with E-state index in [1.54, 1.807) is 35.8 Å². The normalized spacial score (nSPS) is 12.6. The second-order valence-corrected chi connectivity index (χ2v) is 8.09. The largest absolute Gasteiger partial charge is 0.348 e. The molecule has 0 radical (unpaired) electrons. The Morgan fingerprint density at radius 1 is 1.17 bits per heavy atom. The molecule has 7 nitrogen and oxygen atoms in total. The Kier molecular flexibility index (Phi) is 5.68. The van der Waals surface area contributed by atoms with E-state index in [1.807, 2.05) is 51.1 Å². The minimum atomic E-state index is -0.752. The van der Waals surface area contributed by atoms with Gasteiger partial charge in [0.25, 0.3) is 5.56 Å². The van der Waals surface area contributed by atoms with Crippen molar-refractivity contribution in [1.29, 1.82) is 0 Å². The lowest BCUT2D eigenvalue weighted by molar-refractivity contribution is -0.138. The number of carbonyl (C=O) groups excluding carboxylic acids is 1. The fourth-order valence-corrected chi connectivity index (χ4v) is 3.38. The molecule has 7 heteroatoms. The van der Waals surface area contributed by atoms with Crippen LogP contribution in [0.4, 0.5) is 5.95 Å². The standard InChI is InChI=1S/C22H27N5O2/c1-15(16-9-7-6-8-10-16)24-21-23-13-17-11-12-18(28)27(19(17)25-21)14-22(2,3)20(29)26(4)5/h6-13,15H,14H2,1-5H3,(H,23,24,25). The first-order valence-corrected chi connectivity index (χ1v) is 9.59. The number of rotatable bonds is 6. The quantitative estimate of drug-likeness (QED) is 0.696. The van der Waals surface area contributed by atoms with Gasteiger partial charge in [0.15, 0.2) is 0 Å². The molecular formula is C22H27N5O2. The molecule has 3 rings (SSSR count). The van der Waals surface area contributed by atoms with Gasteiger partial charge in [0.1, 0.15) is 5.65 Å². The monoisotopic (exact) mass is 393 g/mol. The maximum absolute atomic E-state index is 12.6. The smallest absolute Gasteiger partial charge is 0.252 e. The van der Waals surface area contributed by atoms with Crippen molar-refractivity contribution in [3.05, 3.63) is 64.6 Å². The number of nitrogens with one attached hydrogen (secondary N) is 1. The van der Waals surface area contributed by atoms with E-state index in [4.69, 9.17) is 0 Å². The van der Waals surface area contributed by atoms with Crippen molar-refractivity contribution in [3.63, 3.8) is 0 Å². The third-order valence-corrected chi connectivity index (χ3v) is 4.91. The van der Waals surface area contributed by atoms with Crippen LogP contribution in [0.5, 0.6) is 0 Å². The maximum Gasteiger partial charge on any atom is 0.252 e. The van der Waals surface area contributed by atoms with E-state index < -0.39 is 5.41 Å². The van der Waals surface area contributed by atoms with E-state index >= 15 is 0 Å². The number of benzene rings is 1. The topological polar surface area (TPSA) is 80.1 Å². The summed E-state index contributed by atoms with van der Waals surface area (Å²) in [6.45, 7) is 5.92. The zero-order valence-corrected chi connectivity index (χ0v) is 17.5. The van der Waals surface area contributed by atoms with Gasteiger partial charge >= 0.3 is 0 Å². The molecule has 2 aromatic heterocycles. The summed E-state index contributed by atoms with van der Waals surface area (Å²) in [6.07, 6.45) is 1.69. The molecule has 0 saturated carbocycles. The summed E-state index contributed by atoms with van der Waals surface area (Å²) in [4.78, 5) is 35.7. The van der Waals surface area contributed by atoms with Crippen LogP contribution in [0.15, 0.2) is 53.5 Å². The number of hydrogen-bond donors (Lipinski definition) is 1. The van der Waals surface area contributed by atoms with Crippen LogP contribution < -0.4 is 10.9 Å². The van der Waals surface area contributed by atoms with Gasteiger partial charge in [-0.1, -0.05) is 30.3 Å². The summed E-state index contributed by atoms with van der Waals surface area (Å²) in [5, 5.41) is 4.03. The summed E-state index contributed by atoms with van der Waals surface area (Å²) >= 11 is 0. The van der Waals surface area contributed by atoms with Gasteiger partial charge in [-0.2, -0.15) is 4.98 Å². The SMILES string of the molecule is CC(Nc1ncc2ccc(=O)n(CC(C)(C)C(=O)N(C)C)c2n1)c1ccccc1. The van der Waals surface area contributed by atoms with Crippen LogP contribution in [0.3, 0.4) is 0 Å². The molecule has 152 valence electrons. The lowest BCUT2D eigenvalue weighted by atomic mass is 9.91. The highest BCUT2D eigenvalue weighted by Crippen LogP contribution is 2.23. The predicted molar refractivity (Wildman–Crippen MR) is 115 cm³/mol. The summed E-state index contributed by atoms with van der Waals surface area (Å²) in [5.41, 5.74) is 0.671.